The van der Waals surface area contributed by atoms with E-state index in [1.165, 1.54) is 0 Å². The van der Waals surface area contributed by atoms with Crippen molar-refractivity contribution < 1.29 is 5.11 Å². The molecule has 0 bridgehead atoms. The molecule has 0 spiro atoms. The van der Waals surface area contributed by atoms with Crippen LogP contribution in [-0.4, -0.2) is 17.8 Å². The smallest absolute Gasteiger partial charge is 0.0636 e. The monoisotopic (exact) mass is 347 g/mol. The van der Waals surface area contributed by atoms with Gasteiger partial charge in [-0.15, -0.1) is 0 Å². The van der Waals surface area contributed by atoms with E-state index in [9.17, 15) is 5.11 Å². The predicted molar refractivity (Wildman–Crippen MR) is 95.6 cm³/mol. The molecular formula is C17H15Cl2N3O. The summed E-state index contributed by atoms with van der Waals surface area (Å²) in [4.78, 5) is 2.64. The predicted octanol–water partition coefficient (Wildman–Crippen LogP) is 5.38. The summed E-state index contributed by atoms with van der Waals surface area (Å²) < 4.78 is 0. The van der Waals surface area contributed by atoms with Crippen LogP contribution in [0.2, 0.25) is 10.0 Å². The molecule has 0 unspecified atom stereocenters. The van der Waals surface area contributed by atoms with Crippen molar-refractivity contribution in [3.05, 3.63) is 79.6 Å². The van der Waals surface area contributed by atoms with Gasteiger partial charge in [0.15, 0.2) is 0 Å². The second-order valence-corrected chi connectivity index (χ2v) is 5.80. The fourth-order valence-corrected chi connectivity index (χ4v) is 2.66. The molecular weight excluding hydrogens is 333 g/mol. The van der Waals surface area contributed by atoms with E-state index in [1.54, 1.807) is 18.2 Å². The van der Waals surface area contributed by atoms with Crippen LogP contribution in [0.1, 0.15) is 16.7 Å². The van der Waals surface area contributed by atoms with Crippen LogP contribution in [0.15, 0.2) is 47.6 Å². The van der Waals surface area contributed by atoms with Gasteiger partial charge in [0.05, 0.1) is 12.6 Å². The Labute approximate surface area is 144 Å². The van der Waals surface area contributed by atoms with Gasteiger partial charge in [0, 0.05) is 20.5 Å². The van der Waals surface area contributed by atoms with E-state index in [0.29, 0.717) is 16.5 Å². The second-order valence-electron chi connectivity index (χ2n) is 4.99. The van der Waals surface area contributed by atoms with Crippen molar-refractivity contribution in [2.24, 2.45) is 5.11 Å². The standard InChI is InChI=1S/C17H15Cl2N3O/c18-16-5-2-6-17(19)15(16)8-7-12-3-1-4-13(9-12)10-14(23)11-21-22-20/h1-9,14,23H,10-11H2/t14-/m0/s1. The van der Waals surface area contributed by atoms with E-state index in [-0.39, 0.29) is 6.54 Å². The van der Waals surface area contributed by atoms with E-state index in [1.807, 2.05) is 36.4 Å². The van der Waals surface area contributed by atoms with Gasteiger partial charge < -0.3 is 5.11 Å². The lowest BCUT2D eigenvalue weighted by Crippen LogP contribution is -2.13. The summed E-state index contributed by atoms with van der Waals surface area (Å²) in [5.41, 5.74) is 11.0. The Kier molecular flexibility index (Phi) is 6.51. The number of halogens is 2. The molecule has 1 N–H and O–H groups in total. The van der Waals surface area contributed by atoms with Gasteiger partial charge in [-0.2, -0.15) is 0 Å². The molecule has 118 valence electrons. The molecule has 2 aromatic carbocycles. The quantitative estimate of drug-likeness (QED) is 0.324. The van der Waals surface area contributed by atoms with Gasteiger partial charge in [-0.1, -0.05) is 70.8 Å². The van der Waals surface area contributed by atoms with E-state index >= 15 is 0 Å². The largest absolute Gasteiger partial charge is 0.393 e. The maximum Gasteiger partial charge on any atom is 0.0636 e. The molecule has 0 fully saturated rings. The lowest BCUT2D eigenvalue weighted by Gasteiger charge is -2.08. The van der Waals surface area contributed by atoms with Gasteiger partial charge in [0.1, 0.15) is 0 Å². The van der Waals surface area contributed by atoms with Crippen molar-refractivity contribution in [1.29, 1.82) is 0 Å². The Bertz CT molecular complexity index is 735. The van der Waals surface area contributed by atoms with E-state index < -0.39 is 6.10 Å². The normalized spacial score (nSPS) is 12.1. The first-order valence-electron chi connectivity index (χ1n) is 7.00. The minimum absolute atomic E-state index is 0.0613. The van der Waals surface area contributed by atoms with Crippen LogP contribution in [-0.2, 0) is 6.42 Å². The first-order chi connectivity index (χ1) is 11.1. The zero-order valence-electron chi connectivity index (χ0n) is 12.2. The highest BCUT2D eigenvalue weighted by Crippen LogP contribution is 2.26. The molecule has 0 radical (unpaired) electrons. The second kappa shape index (κ2) is 8.61. The Morgan fingerprint density at radius 2 is 1.83 bits per heavy atom. The third-order valence-electron chi connectivity index (χ3n) is 3.22. The molecule has 2 rings (SSSR count). The van der Waals surface area contributed by atoms with Crippen LogP contribution in [0.4, 0.5) is 0 Å². The van der Waals surface area contributed by atoms with Crippen molar-refractivity contribution >= 4 is 35.4 Å². The Morgan fingerprint density at radius 1 is 1.13 bits per heavy atom. The Morgan fingerprint density at radius 3 is 2.52 bits per heavy atom. The van der Waals surface area contributed by atoms with Crippen molar-refractivity contribution in [3.8, 4) is 0 Å². The molecule has 1 atom stereocenters. The highest BCUT2D eigenvalue weighted by atomic mass is 35.5. The van der Waals surface area contributed by atoms with Gasteiger partial charge >= 0.3 is 0 Å². The molecule has 23 heavy (non-hydrogen) atoms. The van der Waals surface area contributed by atoms with E-state index in [2.05, 4.69) is 10.0 Å². The molecule has 0 aliphatic rings. The van der Waals surface area contributed by atoms with Gasteiger partial charge in [0.2, 0.25) is 0 Å². The summed E-state index contributed by atoms with van der Waals surface area (Å²) in [5.74, 6) is 0. The topological polar surface area (TPSA) is 69.0 Å². The van der Waals surface area contributed by atoms with Crippen LogP contribution < -0.4 is 0 Å². The number of rotatable bonds is 6. The molecule has 0 saturated carbocycles. The molecule has 2 aromatic rings. The molecule has 0 amide bonds. The summed E-state index contributed by atoms with van der Waals surface area (Å²) in [6.45, 7) is 0.0613. The fraction of sp³-hybridized carbons (Fsp3) is 0.176. The molecule has 4 nitrogen and oxygen atoms in total. The Balaban J connectivity index is 2.13. The zero-order valence-corrected chi connectivity index (χ0v) is 13.7. The van der Waals surface area contributed by atoms with Crippen LogP contribution in [0.3, 0.4) is 0 Å². The Hall–Kier alpha value is -1.97. The third kappa shape index (κ3) is 5.31. The number of hydrogen-bond donors (Lipinski definition) is 1. The highest BCUT2D eigenvalue weighted by Gasteiger charge is 2.05. The molecule has 0 saturated heterocycles. The molecule has 6 heteroatoms. The number of aliphatic hydroxyl groups excluding tert-OH is 1. The first kappa shape index (κ1) is 17.4. The van der Waals surface area contributed by atoms with Gasteiger partial charge in [-0.25, -0.2) is 0 Å². The van der Waals surface area contributed by atoms with Crippen molar-refractivity contribution in [3.63, 3.8) is 0 Å². The van der Waals surface area contributed by atoms with Crippen LogP contribution in [0.5, 0.6) is 0 Å². The van der Waals surface area contributed by atoms with Crippen molar-refractivity contribution in [2.75, 3.05) is 6.54 Å². The molecule has 0 aliphatic heterocycles. The van der Waals surface area contributed by atoms with Crippen molar-refractivity contribution in [2.45, 2.75) is 12.5 Å². The summed E-state index contributed by atoms with van der Waals surface area (Å²) >= 11 is 12.3. The molecule has 0 heterocycles. The molecule has 0 aromatic heterocycles. The fourth-order valence-electron chi connectivity index (χ4n) is 2.14. The number of hydrogen-bond acceptors (Lipinski definition) is 2. The first-order valence-corrected chi connectivity index (χ1v) is 7.75. The van der Waals surface area contributed by atoms with Crippen LogP contribution in [0.25, 0.3) is 22.6 Å². The zero-order chi connectivity index (χ0) is 16.7. The SMILES string of the molecule is [N-]=[N+]=NC[C@@H](O)Cc1cccc(C=Cc2c(Cl)cccc2Cl)c1. The summed E-state index contributed by atoms with van der Waals surface area (Å²) in [5, 5.41) is 14.3. The summed E-state index contributed by atoms with van der Waals surface area (Å²) in [6, 6.07) is 13.1. The van der Waals surface area contributed by atoms with Gasteiger partial charge in [-0.05, 0) is 35.2 Å². The highest BCUT2D eigenvalue weighted by molar-refractivity contribution is 6.37. The number of nitrogens with zero attached hydrogens (tertiary/aromatic N) is 3. The molecule has 0 aliphatic carbocycles. The number of aliphatic hydroxyl groups is 1. The van der Waals surface area contributed by atoms with E-state index in [0.717, 1.165) is 16.7 Å². The summed E-state index contributed by atoms with van der Waals surface area (Å²) in [6.07, 6.45) is 3.51. The maximum atomic E-state index is 9.79. The minimum atomic E-state index is -0.692. The van der Waals surface area contributed by atoms with E-state index in [4.69, 9.17) is 28.7 Å². The lowest BCUT2D eigenvalue weighted by atomic mass is 10.0. The van der Waals surface area contributed by atoms with Gasteiger partial charge in [0.25, 0.3) is 0 Å². The van der Waals surface area contributed by atoms with Crippen LogP contribution >= 0.6 is 23.2 Å². The minimum Gasteiger partial charge on any atom is -0.393 e. The van der Waals surface area contributed by atoms with Crippen molar-refractivity contribution in [1.82, 2.24) is 0 Å². The number of benzene rings is 2. The third-order valence-corrected chi connectivity index (χ3v) is 3.88. The number of azide groups is 1. The summed E-state index contributed by atoms with van der Waals surface area (Å²) in [7, 11) is 0. The average Bonchev–Trinajstić information content (AvgIpc) is 2.53. The van der Waals surface area contributed by atoms with Gasteiger partial charge in [-0.3, -0.25) is 0 Å². The van der Waals surface area contributed by atoms with Crippen LogP contribution in [0, 0.1) is 0 Å². The lowest BCUT2D eigenvalue weighted by molar-refractivity contribution is 0.183. The maximum absolute atomic E-state index is 9.79. The average molecular weight is 348 g/mol.